The predicted molar refractivity (Wildman–Crippen MR) is 161 cm³/mol. The molecule has 0 aliphatic rings. The summed E-state index contributed by atoms with van der Waals surface area (Å²) < 4.78 is 56.1. The van der Waals surface area contributed by atoms with Crippen LogP contribution in [0.4, 0.5) is 11.4 Å². The van der Waals surface area contributed by atoms with Gasteiger partial charge in [0.25, 0.3) is 10.0 Å². The smallest absolute Gasteiger partial charge is 0.264 e. The van der Waals surface area contributed by atoms with E-state index < -0.39 is 26.2 Å². The molecule has 4 aromatic carbocycles. The van der Waals surface area contributed by atoms with Gasteiger partial charge in [-0.2, -0.15) is 0 Å². The zero-order chi connectivity index (χ0) is 28.7. The maximum Gasteiger partial charge on any atom is 0.264 e. The van der Waals surface area contributed by atoms with Crippen LogP contribution in [0, 0.1) is 6.92 Å². The third kappa shape index (κ3) is 5.30. The van der Waals surface area contributed by atoms with E-state index in [1.807, 2.05) is 60.0 Å². The van der Waals surface area contributed by atoms with E-state index in [1.165, 1.54) is 7.05 Å². The van der Waals surface area contributed by atoms with E-state index in [0.29, 0.717) is 11.4 Å². The molecule has 1 aromatic heterocycles. The van der Waals surface area contributed by atoms with Crippen LogP contribution in [-0.4, -0.2) is 52.5 Å². The number of anilines is 2. The lowest BCUT2D eigenvalue weighted by Gasteiger charge is -2.26. The van der Waals surface area contributed by atoms with Crippen molar-refractivity contribution in [3.63, 3.8) is 0 Å². The van der Waals surface area contributed by atoms with Crippen LogP contribution in [0.2, 0.25) is 0 Å². The van der Waals surface area contributed by atoms with E-state index in [0.717, 1.165) is 42.2 Å². The van der Waals surface area contributed by atoms with Crippen LogP contribution in [0.5, 0.6) is 0 Å². The molecule has 0 saturated carbocycles. The van der Waals surface area contributed by atoms with Crippen molar-refractivity contribution >= 4 is 53.2 Å². The number of sulfonamides is 2. The predicted octanol–water partition coefficient (Wildman–Crippen LogP) is 4.76. The van der Waals surface area contributed by atoms with Gasteiger partial charge in [-0.3, -0.25) is 8.61 Å². The van der Waals surface area contributed by atoms with E-state index in [9.17, 15) is 21.9 Å². The van der Waals surface area contributed by atoms with Crippen LogP contribution in [0.25, 0.3) is 21.8 Å². The first-order valence-corrected chi connectivity index (χ1v) is 16.0. The van der Waals surface area contributed by atoms with Gasteiger partial charge in [0.2, 0.25) is 10.0 Å². The molecule has 0 aliphatic heterocycles. The topological polar surface area (TPSA) is 99.9 Å². The molecular formula is C30H31N3O5S2. The summed E-state index contributed by atoms with van der Waals surface area (Å²) in [5, 5.41) is 13.2. The van der Waals surface area contributed by atoms with E-state index >= 15 is 0 Å². The number of aliphatic hydroxyl groups is 1. The Morgan fingerprint density at radius 3 is 1.77 bits per heavy atom. The van der Waals surface area contributed by atoms with Gasteiger partial charge in [-0.05, 0) is 55.5 Å². The van der Waals surface area contributed by atoms with E-state index in [4.69, 9.17) is 0 Å². The zero-order valence-electron chi connectivity index (χ0n) is 22.5. The highest BCUT2D eigenvalue weighted by Crippen LogP contribution is 2.30. The van der Waals surface area contributed by atoms with Gasteiger partial charge in [0.15, 0.2) is 0 Å². The number of fused-ring (bicyclic) bond motifs is 3. The summed E-state index contributed by atoms with van der Waals surface area (Å²) in [6.07, 6.45) is 0.0698. The summed E-state index contributed by atoms with van der Waals surface area (Å²) in [5.41, 5.74) is 3.57. The van der Waals surface area contributed by atoms with Crippen molar-refractivity contribution in [2.75, 3.05) is 28.5 Å². The minimum Gasteiger partial charge on any atom is -0.389 e. The number of benzene rings is 4. The van der Waals surface area contributed by atoms with Gasteiger partial charge in [0.1, 0.15) is 0 Å². The first kappa shape index (κ1) is 27.7. The van der Waals surface area contributed by atoms with Crippen LogP contribution in [0.15, 0.2) is 102 Å². The Morgan fingerprint density at radius 1 is 0.750 bits per heavy atom. The average molecular weight is 578 g/mol. The number of aliphatic hydroxyl groups excluding tert-OH is 1. The molecule has 0 bridgehead atoms. The number of rotatable bonds is 9. The molecule has 1 unspecified atom stereocenters. The molecule has 1 atom stereocenters. The first-order chi connectivity index (χ1) is 19.0. The maximum absolute atomic E-state index is 13.1. The Balaban J connectivity index is 1.40. The van der Waals surface area contributed by atoms with Gasteiger partial charge < -0.3 is 9.67 Å². The van der Waals surface area contributed by atoms with Crippen LogP contribution >= 0.6 is 0 Å². The van der Waals surface area contributed by atoms with Crippen molar-refractivity contribution in [1.29, 1.82) is 0 Å². The van der Waals surface area contributed by atoms with Gasteiger partial charge in [0.05, 0.1) is 41.7 Å². The highest BCUT2D eigenvalue weighted by molar-refractivity contribution is 7.93. The van der Waals surface area contributed by atoms with Crippen molar-refractivity contribution in [3.05, 3.63) is 103 Å². The summed E-state index contributed by atoms with van der Waals surface area (Å²) in [6, 6.07) is 28.6. The monoisotopic (exact) mass is 577 g/mol. The van der Waals surface area contributed by atoms with E-state index in [-0.39, 0.29) is 18.0 Å². The Morgan fingerprint density at radius 2 is 1.25 bits per heavy atom. The Bertz CT molecular complexity index is 1830. The molecule has 208 valence electrons. The lowest BCUT2D eigenvalue weighted by molar-refractivity contribution is 0.166. The van der Waals surface area contributed by atoms with Crippen LogP contribution in [-0.2, 0) is 26.6 Å². The SMILES string of the molecule is Cc1ccc(S(=O)(=O)N(C)c2ccc(N(CC(O)Cn3c4ccccc4c4ccccc43)S(C)(=O)=O)cc2)cc1. The number of nitrogens with zero attached hydrogens (tertiary/aromatic N) is 3. The maximum atomic E-state index is 13.1. The summed E-state index contributed by atoms with van der Waals surface area (Å²) in [7, 11) is -6.10. The number of aryl methyl sites for hydroxylation is 1. The highest BCUT2D eigenvalue weighted by Gasteiger charge is 2.25. The molecule has 5 rings (SSSR count). The summed E-state index contributed by atoms with van der Waals surface area (Å²) >= 11 is 0. The van der Waals surface area contributed by atoms with Gasteiger partial charge in [-0.15, -0.1) is 0 Å². The van der Waals surface area contributed by atoms with Gasteiger partial charge >= 0.3 is 0 Å². The first-order valence-electron chi connectivity index (χ1n) is 12.7. The molecule has 0 saturated heterocycles. The summed E-state index contributed by atoms with van der Waals surface area (Å²) in [5.74, 6) is 0. The molecule has 10 heteroatoms. The molecule has 0 spiro atoms. The molecule has 1 heterocycles. The quantitative estimate of drug-likeness (QED) is 0.273. The molecule has 0 fully saturated rings. The highest BCUT2D eigenvalue weighted by atomic mass is 32.2. The van der Waals surface area contributed by atoms with E-state index in [2.05, 4.69) is 0 Å². The second kappa shape index (κ2) is 10.6. The molecule has 0 aliphatic carbocycles. The van der Waals surface area contributed by atoms with Crippen LogP contribution in [0.3, 0.4) is 0 Å². The molecule has 5 aromatic rings. The largest absolute Gasteiger partial charge is 0.389 e. The van der Waals surface area contributed by atoms with Crippen molar-refractivity contribution in [2.45, 2.75) is 24.5 Å². The van der Waals surface area contributed by atoms with Crippen molar-refractivity contribution < 1.29 is 21.9 Å². The lowest BCUT2D eigenvalue weighted by Crippen LogP contribution is -2.38. The fourth-order valence-electron chi connectivity index (χ4n) is 4.93. The van der Waals surface area contributed by atoms with Crippen molar-refractivity contribution in [2.24, 2.45) is 0 Å². The van der Waals surface area contributed by atoms with Gasteiger partial charge in [0, 0.05) is 28.9 Å². The molecule has 0 amide bonds. The van der Waals surface area contributed by atoms with Crippen molar-refractivity contribution in [3.8, 4) is 0 Å². The normalized spacial score (nSPS) is 13.0. The standard InChI is InChI=1S/C30H31N3O5S2/c1-22-12-18-26(19-13-22)40(37,38)31(2)23-14-16-24(17-15-23)33(39(3,35)36)21-25(34)20-32-29-10-6-4-8-27(29)28-9-5-7-11-30(28)32/h4-19,25,34H,20-21H2,1-3H3. The number of aromatic nitrogens is 1. The van der Waals surface area contributed by atoms with Crippen LogP contribution in [0.1, 0.15) is 5.56 Å². The molecular weight excluding hydrogens is 546 g/mol. The van der Waals surface area contributed by atoms with Crippen molar-refractivity contribution in [1.82, 2.24) is 4.57 Å². The third-order valence-electron chi connectivity index (χ3n) is 7.03. The number of para-hydroxylation sites is 2. The molecule has 0 radical (unpaired) electrons. The number of hydrogen-bond acceptors (Lipinski definition) is 5. The minimum absolute atomic E-state index is 0.163. The van der Waals surface area contributed by atoms with E-state index in [1.54, 1.807) is 48.5 Å². The minimum atomic E-state index is -3.80. The second-order valence-corrected chi connectivity index (χ2v) is 13.8. The zero-order valence-corrected chi connectivity index (χ0v) is 24.1. The fraction of sp³-hybridized carbons (Fsp3) is 0.200. The molecule has 1 N–H and O–H groups in total. The summed E-state index contributed by atoms with van der Waals surface area (Å²) in [4.78, 5) is 0.163. The fourth-order valence-corrected chi connectivity index (χ4v) is 7.07. The molecule has 8 nitrogen and oxygen atoms in total. The lowest BCUT2D eigenvalue weighted by atomic mass is 10.2. The summed E-state index contributed by atoms with van der Waals surface area (Å²) in [6.45, 7) is 1.90. The average Bonchev–Trinajstić information content (AvgIpc) is 3.24. The van der Waals surface area contributed by atoms with Gasteiger partial charge in [-0.1, -0.05) is 54.1 Å². The van der Waals surface area contributed by atoms with Crippen LogP contribution < -0.4 is 8.61 Å². The van der Waals surface area contributed by atoms with Gasteiger partial charge in [-0.25, -0.2) is 16.8 Å². The third-order valence-corrected chi connectivity index (χ3v) is 9.99. The Kier molecular flexibility index (Phi) is 7.34. The molecule has 40 heavy (non-hydrogen) atoms. The number of hydrogen-bond donors (Lipinski definition) is 1. The second-order valence-electron chi connectivity index (χ2n) is 9.89. The Labute approximate surface area is 234 Å². The Hall–Kier alpha value is -3.86.